The first kappa shape index (κ1) is 19.6. The third-order valence-electron chi connectivity index (χ3n) is 5.37. The molecular formula is C24H27FN2O2. The van der Waals surface area contributed by atoms with E-state index >= 15 is 0 Å². The highest BCUT2D eigenvalue weighted by atomic mass is 19.1. The van der Waals surface area contributed by atoms with Crippen molar-refractivity contribution in [1.29, 1.82) is 0 Å². The Hall–Kier alpha value is -2.69. The lowest BCUT2D eigenvalue weighted by Gasteiger charge is -2.41. The van der Waals surface area contributed by atoms with Crippen LogP contribution < -0.4 is 0 Å². The molecular weight excluding hydrogens is 367 g/mol. The highest BCUT2D eigenvalue weighted by molar-refractivity contribution is 6.14. The monoisotopic (exact) mass is 394 g/mol. The Morgan fingerprint density at radius 3 is 2.52 bits per heavy atom. The molecule has 0 spiro atoms. The summed E-state index contributed by atoms with van der Waals surface area (Å²) in [4.78, 5) is 18.9. The summed E-state index contributed by atoms with van der Waals surface area (Å²) in [5, 5.41) is 0. The largest absolute Gasteiger partial charge is 0.444 e. The number of hydrogen-bond donors (Lipinski definition) is 0. The highest BCUT2D eigenvalue weighted by Gasteiger charge is 2.35. The van der Waals surface area contributed by atoms with Gasteiger partial charge in [-0.2, -0.15) is 0 Å². The smallest absolute Gasteiger partial charge is 0.410 e. The van der Waals surface area contributed by atoms with Crippen molar-refractivity contribution >= 4 is 11.8 Å². The van der Waals surface area contributed by atoms with Crippen LogP contribution in [0.2, 0.25) is 0 Å². The molecule has 4 rings (SSSR count). The van der Waals surface area contributed by atoms with Crippen molar-refractivity contribution in [3.63, 3.8) is 0 Å². The Balaban J connectivity index is 1.46. The molecule has 0 bridgehead atoms. The summed E-state index contributed by atoms with van der Waals surface area (Å²) in [6, 6.07) is 15.0. The van der Waals surface area contributed by atoms with Crippen LogP contribution in [-0.2, 0) is 11.2 Å². The van der Waals surface area contributed by atoms with E-state index < -0.39 is 5.60 Å². The predicted octanol–water partition coefficient (Wildman–Crippen LogP) is 4.84. The van der Waals surface area contributed by atoms with Crippen molar-refractivity contribution < 1.29 is 13.9 Å². The van der Waals surface area contributed by atoms with Gasteiger partial charge in [0, 0.05) is 24.2 Å². The molecule has 2 aliphatic heterocycles. The zero-order chi connectivity index (χ0) is 20.6. The normalized spacial score (nSPS) is 19.2. The number of hydrogen-bond acceptors (Lipinski definition) is 3. The number of rotatable bonds is 3. The molecule has 1 amide bonds. The van der Waals surface area contributed by atoms with Gasteiger partial charge in [0.1, 0.15) is 11.4 Å². The van der Waals surface area contributed by atoms with Gasteiger partial charge in [-0.05, 0) is 69.4 Å². The van der Waals surface area contributed by atoms with Crippen LogP contribution in [0.1, 0.15) is 43.9 Å². The van der Waals surface area contributed by atoms with Crippen LogP contribution in [-0.4, -0.2) is 41.4 Å². The number of likely N-dealkylation sites (tertiary alicyclic amines) is 1. The molecule has 1 atom stereocenters. The Labute approximate surface area is 171 Å². The van der Waals surface area contributed by atoms with E-state index in [1.165, 1.54) is 17.7 Å². The summed E-state index contributed by atoms with van der Waals surface area (Å²) >= 11 is 0. The molecule has 0 unspecified atom stereocenters. The van der Waals surface area contributed by atoms with Crippen molar-refractivity contribution in [2.45, 2.75) is 45.3 Å². The van der Waals surface area contributed by atoms with E-state index in [0.29, 0.717) is 19.0 Å². The van der Waals surface area contributed by atoms with E-state index in [0.717, 1.165) is 29.7 Å². The average Bonchev–Trinajstić information content (AvgIpc) is 2.63. The Bertz CT molecular complexity index is 925. The van der Waals surface area contributed by atoms with Crippen LogP contribution in [0.4, 0.5) is 9.18 Å². The maximum absolute atomic E-state index is 13.4. The van der Waals surface area contributed by atoms with Crippen molar-refractivity contribution in [3.8, 4) is 0 Å². The number of carbonyl (C=O) groups is 1. The lowest BCUT2D eigenvalue weighted by molar-refractivity contribution is -0.00299. The molecule has 2 aromatic carbocycles. The molecule has 2 aliphatic rings. The summed E-state index contributed by atoms with van der Waals surface area (Å²) in [6.07, 6.45) is 1.58. The van der Waals surface area contributed by atoms with Gasteiger partial charge in [-0.25, -0.2) is 9.18 Å². The number of nitrogens with zero attached hydrogens (tertiary/aromatic N) is 2. The van der Waals surface area contributed by atoms with Crippen molar-refractivity contribution in [1.82, 2.24) is 4.90 Å². The zero-order valence-corrected chi connectivity index (χ0v) is 17.2. The van der Waals surface area contributed by atoms with E-state index in [2.05, 4.69) is 18.2 Å². The fourth-order valence-corrected chi connectivity index (χ4v) is 4.03. The van der Waals surface area contributed by atoms with Crippen LogP contribution in [0.25, 0.3) is 0 Å². The van der Waals surface area contributed by atoms with E-state index in [4.69, 9.17) is 9.73 Å². The van der Waals surface area contributed by atoms with Crippen molar-refractivity contribution in [3.05, 3.63) is 71.0 Å². The van der Waals surface area contributed by atoms with Crippen LogP contribution in [0.15, 0.2) is 53.5 Å². The molecule has 152 valence electrons. The second-order valence-corrected chi connectivity index (χ2v) is 8.99. The molecule has 0 aliphatic carbocycles. The van der Waals surface area contributed by atoms with Gasteiger partial charge >= 0.3 is 6.09 Å². The molecule has 2 aromatic rings. The minimum Gasteiger partial charge on any atom is -0.444 e. The highest BCUT2D eigenvalue weighted by Crippen LogP contribution is 2.30. The maximum atomic E-state index is 13.4. The fourth-order valence-electron chi connectivity index (χ4n) is 4.03. The first-order chi connectivity index (χ1) is 13.8. The zero-order valence-electron chi connectivity index (χ0n) is 17.2. The van der Waals surface area contributed by atoms with Gasteiger partial charge in [0.2, 0.25) is 0 Å². The molecule has 4 nitrogen and oxygen atoms in total. The number of amides is 1. The van der Waals surface area contributed by atoms with E-state index in [-0.39, 0.29) is 18.0 Å². The Kier molecular flexibility index (Phi) is 5.15. The first-order valence-corrected chi connectivity index (χ1v) is 10.2. The van der Waals surface area contributed by atoms with E-state index in [9.17, 15) is 9.18 Å². The van der Waals surface area contributed by atoms with Crippen molar-refractivity contribution in [2.24, 2.45) is 10.9 Å². The topological polar surface area (TPSA) is 41.9 Å². The molecule has 0 radical (unpaired) electrons. The quantitative estimate of drug-likeness (QED) is 0.747. The van der Waals surface area contributed by atoms with E-state index in [1.54, 1.807) is 17.0 Å². The van der Waals surface area contributed by atoms with Gasteiger partial charge in [-0.1, -0.05) is 24.3 Å². The Morgan fingerprint density at radius 1 is 1.14 bits per heavy atom. The molecule has 5 heteroatoms. The predicted molar refractivity (Wildman–Crippen MR) is 112 cm³/mol. The molecule has 0 N–H and O–H groups in total. The van der Waals surface area contributed by atoms with Crippen LogP contribution in [0.3, 0.4) is 0 Å². The number of carbonyl (C=O) groups excluding carboxylic acids is 1. The molecule has 0 aromatic heterocycles. The maximum Gasteiger partial charge on any atom is 0.410 e. The van der Waals surface area contributed by atoms with Gasteiger partial charge in [-0.3, -0.25) is 4.99 Å². The molecule has 1 saturated heterocycles. The number of benzene rings is 2. The van der Waals surface area contributed by atoms with Gasteiger partial charge < -0.3 is 9.64 Å². The van der Waals surface area contributed by atoms with Gasteiger partial charge in [-0.15, -0.1) is 0 Å². The second-order valence-electron chi connectivity index (χ2n) is 8.99. The SMILES string of the molecule is CC(C)(C)OC(=O)N1CC(C[C@H]2Cc3ccccc3C(c3ccc(F)cc3)=N2)C1. The standard InChI is InChI=1S/C24H27FN2O2/c1-24(2,3)29-23(28)27-14-16(15-27)12-20-13-18-6-4-5-7-21(18)22(26-20)17-8-10-19(25)11-9-17/h4-11,16,20H,12-15H2,1-3H3/t20-/m0/s1. The average molecular weight is 394 g/mol. The van der Waals surface area contributed by atoms with Crippen LogP contribution >= 0.6 is 0 Å². The van der Waals surface area contributed by atoms with Gasteiger partial charge in [0.05, 0.1) is 11.8 Å². The second kappa shape index (κ2) is 7.62. The summed E-state index contributed by atoms with van der Waals surface area (Å²) in [5.74, 6) is 0.183. The summed E-state index contributed by atoms with van der Waals surface area (Å²) in [7, 11) is 0. The molecule has 0 saturated carbocycles. The van der Waals surface area contributed by atoms with Crippen molar-refractivity contribution in [2.75, 3.05) is 13.1 Å². The summed E-state index contributed by atoms with van der Waals surface area (Å²) < 4.78 is 18.8. The minimum atomic E-state index is -0.469. The number of aliphatic imine (C=N–C) groups is 1. The van der Waals surface area contributed by atoms with Crippen LogP contribution in [0, 0.1) is 11.7 Å². The number of halogens is 1. The van der Waals surface area contributed by atoms with Crippen LogP contribution in [0.5, 0.6) is 0 Å². The third-order valence-corrected chi connectivity index (χ3v) is 5.37. The first-order valence-electron chi connectivity index (χ1n) is 10.2. The van der Waals surface area contributed by atoms with Gasteiger partial charge in [0.25, 0.3) is 0 Å². The lowest BCUT2D eigenvalue weighted by atomic mass is 9.85. The minimum absolute atomic E-state index is 0.163. The Morgan fingerprint density at radius 2 is 1.83 bits per heavy atom. The lowest BCUT2D eigenvalue weighted by Crippen LogP contribution is -2.52. The molecule has 1 fully saturated rings. The van der Waals surface area contributed by atoms with Gasteiger partial charge in [0.15, 0.2) is 0 Å². The number of ether oxygens (including phenoxy) is 1. The number of fused-ring (bicyclic) bond motifs is 1. The molecule has 29 heavy (non-hydrogen) atoms. The fraction of sp³-hybridized carbons (Fsp3) is 0.417. The molecule has 2 heterocycles. The summed E-state index contributed by atoms with van der Waals surface area (Å²) in [5.41, 5.74) is 3.80. The van der Waals surface area contributed by atoms with E-state index in [1.807, 2.05) is 26.8 Å². The summed E-state index contributed by atoms with van der Waals surface area (Å²) in [6.45, 7) is 7.08. The third kappa shape index (κ3) is 4.50.